The Bertz CT molecular complexity index is 429. The van der Waals surface area contributed by atoms with Gasteiger partial charge in [-0.3, -0.25) is 0 Å². The van der Waals surface area contributed by atoms with Gasteiger partial charge in [0.1, 0.15) is 5.82 Å². The SMILES string of the molecule is CCCN1CCC(Nc2cc(F)cc(F)c2F)CC1. The van der Waals surface area contributed by atoms with Gasteiger partial charge in [-0.15, -0.1) is 0 Å². The molecule has 0 bridgehead atoms. The van der Waals surface area contributed by atoms with Crippen LogP contribution >= 0.6 is 0 Å². The van der Waals surface area contributed by atoms with E-state index in [4.69, 9.17) is 0 Å². The van der Waals surface area contributed by atoms with Crippen molar-refractivity contribution in [3.05, 3.63) is 29.6 Å². The molecule has 1 N–H and O–H groups in total. The van der Waals surface area contributed by atoms with Gasteiger partial charge in [0, 0.05) is 31.3 Å². The summed E-state index contributed by atoms with van der Waals surface area (Å²) in [5, 5.41) is 2.91. The van der Waals surface area contributed by atoms with E-state index in [0.717, 1.165) is 45.0 Å². The fourth-order valence-electron chi connectivity index (χ4n) is 2.50. The quantitative estimate of drug-likeness (QED) is 0.845. The van der Waals surface area contributed by atoms with Gasteiger partial charge in [-0.25, -0.2) is 13.2 Å². The molecule has 1 aliphatic heterocycles. The minimum atomic E-state index is -1.15. The largest absolute Gasteiger partial charge is 0.380 e. The van der Waals surface area contributed by atoms with Crippen LogP contribution in [-0.4, -0.2) is 30.6 Å². The first kappa shape index (κ1) is 14.2. The molecule has 1 saturated heterocycles. The Morgan fingerprint density at radius 1 is 1.21 bits per heavy atom. The maximum atomic E-state index is 13.5. The number of hydrogen-bond acceptors (Lipinski definition) is 2. The first-order valence-corrected chi connectivity index (χ1v) is 6.73. The van der Waals surface area contributed by atoms with E-state index >= 15 is 0 Å². The van der Waals surface area contributed by atoms with Gasteiger partial charge >= 0.3 is 0 Å². The second-order valence-corrected chi connectivity index (χ2v) is 5.01. The van der Waals surface area contributed by atoms with Crippen LogP contribution in [-0.2, 0) is 0 Å². The number of nitrogens with zero attached hydrogens (tertiary/aromatic N) is 1. The Hall–Kier alpha value is -1.23. The summed E-state index contributed by atoms with van der Waals surface area (Å²) < 4.78 is 39.7. The van der Waals surface area contributed by atoms with Gasteiger partial charge in [-0.1, -0.05) is 6.92 Å². The highest BCUT2D eigenvalue weighted by Gasteiger charge is 2.20. The first-order chi connectivity index (χ1) is 9.10. The van der Waals surface area contributed by atoms with E-state index < -0.39 is 17.5 Å². The molecule has 0 aromatic heterocycles. The zero-order valence-corrected chi connectivity index (χ0v) is 11.1. The lowest BCUT2D eigenvalue weighted by molar-refractivity contribution is 0.219. The molecule has 0 amide bonds. The number of nitrogens with one attached hydrogen (secondary N) is 1. The van der Waals surface area contributed by atoms with Crippen LogP contribution in [0.5, 0.6) is 0 Å². The summed E-state index contributed by atoms with van der Waals surface area (Å²) in [5.41, 5.74) is -0.0774. The summed E-state index contributed by atoms with van der Waals surface area (Å²) in [6.45, 7) is 5.07. The molecule has 0 aliphatic carbocycles. The monoisotopic (exact) mass is 272 g/mol. The summed E-state index contributed by atoms with van der Waals surface area (Å²) >= 11 is 0. The Balaban J connectivity index is 1.96. The Morgan fingerprint density at radius 3 is 2.53 bits per heavy atom. The van der Waals surface area contributed by atoms with Crippen molar-refractivity contribution in [2.24, 2.45) is 0 Å². The second-order valence-electron chi connectivity index (χ2n) is 5.01. The van der Waals surface area contributed by atoms with E-state index in [1.165, 1.54) is 0 Å². The lowest BCUT2D eigenvalue weighted by atomic mass is 10.0. The number of benzene rings is 1. The lowest BCUT2D eigenvalue weighted by Gasteiger charge is -2.32. The van der Waals surface area contributed by atoms with E-state index in [9.17, 15) is 13.2 Å². The van der Waals surface area contributed by atoms with Gasteiger partial charge in [0.15, 0.2) is 11.6 Å². The molecule has 1 aromatic carbocycles. The van der Waals surface area contributed by atoms with E-state index in [2.05, 4.69) is 17.1 Å². The Morgan fingerprint density at radius 2 is 1.89 bits per heavy atom. The van der Waals surface area contributed by atoms with Crippen molar-refractivity contribution in [1.29, 1.82) is 0 Å². The smallest absolute Gasteiger partial charge is 0.182 e. The zero-order chi connectivity index (χ0) is 13.8. The van der Waals surface area contributed by atoms with E-state index in [1.54, 1.807) is 0 Å². The summed E-state index contributed by atoms with van der Waals surface area (Å²) in [7, 11) is 0. The van der Waals surface area contributed by atoms with Crippen molar-refractivity contribution in [2.75, 3.05) is 25.0 Å². The third kappa shape index (κ3) is 3.62. The molecular weight excluding hydrogens is 253 g/mol. The topological polar surface area (TPSA) is 15.3 Å². The molecule has 0 atom stereocenters. The molecule has 2 rings (SSSR count). The van der Waals surface area contributed by atoms with Gasteiger partial charge in [-0.05, 0) is 25.8 Å². The molecule has 5 heteroatoms. The molecule has 19 heavy (non-hydrogen) atoms. The minimum absolute atomic E-state index is 0.0730. The molecule has 1 aromatic rings. The van der Waals surface area contributed by atoms with Crippen molar-refractivity contribution < 1.29 is 13.2 Å². The van der Waals surface area contributed by atoms with Crippen molar-refractivity contribution >= 4 is 5.69 Å². The van der Waals surface area contributed by atoms with E-state index in [-0.39, 0.29) is 11.7 Å². The van der Waals surface area contributed by atoms with Crippen LogP contribution < -0.4 is 5.32 Å². The fraction of sp³-hybridized carbons (Fsp3) is 0.571. The molecule has 1 fully saturated rings. The molecular formula is C14H19F3N2. The third-order valence-corrected chi connectivity index (χ3v) is 3.48. The maximum absolute atomic E-state index is 13.5. The second kappa shape index (κ2) is 6.28. The highest BCUT2D eigenvalue weighted by atomic mass is 19.2. The number of rotatable bonds is 4. The normalized spacial score (nSPS) is 17.7. The number of anilines is 1. The standard InChI is InChI=1S/C14H19F3N2/c1-2-5-19-6-3-11(4-7-19)18-13-9-10(15)8-12(16)14(13)17/h8-9,11,18H,2-7H2,1H3. The minimum Gasteiger partial charge on any atom is -0.380 e. The first-order valence-electron chi connectivity index (χ1n) is 6.73. The van der Waals surface area contributed by atoms with Crippen molar-refractivity contribution in [3.63, 3.8) is 0 Å². The van der Waals surface area contributed by atoms with Crippen LogP contribution in [0.2, 0.25) is 0 Å². The van der Waals surface area contributed by atoms with Crippen LogP contribution in [0.4, 0.5) is 18.9 Å². The van der Waals surface area contributed by atoms with Crippen LogP contribution in [0, 0.1) is 17.5 Å². The number of likely N-dealkylation sites (tertiary alicyclic amines) is 1. The molecule has 0 spiro atoms. The molecule has 0 saturated carbocycles. The predicted molar refractivity (Wildman–Crippen MR) is 69.7 cm³/mol. The fourth-order valence-corrected chi connectivity index (χ4v) is 2.50. The number of piperidine rings is 1. The average Bonchev–Trinajstić information content (AvgIpc) is 2.38. The average molecular weight is 272 g/mol. The summed E-state index contributed by atoms with van der Waals surface area (Å²) in [6, 6.07) is 1.64. The Kier molecular flexibility index (Phi) is 4.69. The number of halogens is 3. The summed E-state index contributed by atoms with van der Waals surface area (Å²) in [6.07, 6.45) is 2.83. The van der Waals surface area contributed by atoms with E-state index in [0.29, 0.717) is 6.07 Å². The van der Waals surface area contributed by atoms with Gasteiger partial charge in [0.2, 0.25) is 0 Å². The number of hydrogen-bond donors (Lipinski definition) is 1. The highest BCUT2D eigenvalue weighted by molar-refractivity contribution is 5.46. The van der Waals surface area contributed by atoms with E-state index in [1.807, 2.05) is 0 Å². The van der Waals surface area contributed by atoms with Crippen LogP contribution in [0.3, 0.4) is 0 Å². The lowest BCUT2D eigenvalue weighted by Crippen LogP contribution is -2.39. The van der Waals surface area contributed by atoms with Crippen molar-refractivity contribution in [1.82, 2.24) is 4.90 Å². The highest BCUT2D eigenvalue weighted by Crippen LogP contribution is 2.22. The molecule has 0 radical (unpaired) electrons. The Labute approximate surface area is 111 Å². The molecule has 2 nitrogen and oxygen atoms in total. The van der Waals surface area contributed by atoms with Crippen molar-refractivity contribution in [2.45, 2.75) is 32.2 Å². The van der Waals surface area contributed by atoms with Gasteiger partial charge < -0.3 is 10.2 Å². The van der Waals surface area contributed by atoms with Crippen LogP contribution in [0.25, 0.3) is 0 Å². The molecule has 1 heterocycles. The molecule has 1 aliphatic rings. The molecule has 106 valence electrons. The van der Waals surface area contributed by atoms with Crippen molar-refractivity contribution in [3.8, 4) is 0 Å². The van der Waals surface area contributed by atoms with Gasteiger partial charge in [-0.2, -0.15) is 0 Å². The summed E-state index contributed by atoms with van der Waals surface area (Å²) in [5.74, 6) is -2.91. The molecule has 0 unspecified atom stereocenters. The van der Waals surface area contributed by atoms with Crippen LogP contribution in [0.1, 0.15) is 26.2 Å². The zero-order valence-electron chi connectivity index (χ0n) is 11.1. The van der Waals surface area contributed by atoms with Gasteiger partial charge in [0.25, 0.3) is 0 Å². The third-order valence-electron chi connectivity index (χ3n) is 3.48. The predicted octanol–water partition coefficient (Wildman–Crippen LogP) is 3.39. The van der Waals surface area contributed by atoms with Gasteiger partial charge in [0.05, 0.1) is 5.69 Å². The summed E-state index contributed by atoms with van der Waals surface area (Å²) in [4.78, 5) is 2.35. The maximum Gasteiger partial charge on any atom is 0.182 e. The van der Waals surface area contributed by atoms with Crippen LogP contribution in [0.15, 0.2) is 12.1 Å².